The Labute approximate surface area is 80.3 Å². The van der Waals surface area contributed by atoms with Gasteiger partial charge in [-0.3, -0.25) is 0 Å². The van der Waals surface area contributed by atoms with Gasteiger partial charge in [-0.15, -0.1) is 6.58 Å². The number of hydrogen-bond donors (Lipinski definition) is 1. The molecule has 0 saturated carbocycles. The van der Waals surface area contributed by atoms with E-state index in [-0.39, 0.29) is 0 Å². The number of unbranched alkanes of at least 4 members (excludes halogenated alkanes) is 3. The van der Waals surface area contributed by atoms with Crippen LogP contribution in [-0.4, -0.2) is 22.7 Å². The molecular formula is C10H20OS. The van der Waals surface area contributed by atoms with E-state index in [1.54, 1.807) is 0 Å². The van der Waals surface area contributed by atoms with E-state index in [1.807, 2.05) is 17.8 Å². The molecule has 0 heterocycles. The summed E-state index contributed by atoms with van der Waals surface area (Å²) >= 11 is 1.86. The molecule has 1 nitrogen and oxygen atoms in total. The fourth-order valence-electron chi connectivity index (χ4n) is 0.905. The van der Waals surface area contributed by atoms with Crippen LogP contribution in [0.2, 0.25) is 0 Å². The molecule has 0 bridgehead atoms. The largest absolute Gasteiger partial charge is 0.395 e. The van der Waals surface area contributed by atoms with E-state index in [9.17, 15) is 0 Å². The van der Waals surface area contributed by atoms with Crippen LogP contribution in [-0.2, 0) is 0 Å². The minimum Gasteiger partial charge on any atom is -0.395 e. The van der Waals surface area contributed by atoms with Crippen LogP contribution in [0.15, 0.2) is 12.7 Å². The van der Waals surface area contributed by atoms with Gasteiger partial charge >= 0.3 is 0 Å². The highest BCUT2D eigenvalue weighted by Crippen LogP contribution is 2.12. The molecule has 0 aromatic heterocycles. The van der Waals surface area contributed by atoms with Crippen molar-refractivity contribution in [3.05, 3.63) is 12.7 Å². The van der Waals surface area contributed by atoms with Gasteiger partial charge in [0.05, 0.1) is 6.61 Å². The molecule has 0 radical (unpaired) electrons. The third-order valence-corrected chi connectivity index (χ3v) is 2.95. The van der Waals surface area contributed by atoms with Crippen molar-refractivity contribution in [3.63, 3.8) is 0 Å². The van der Waals surface area contributed by atoms with Crippen LogP contribution in [0, 0.1) is 0 Å². The summed E-state index contributed by atoms with van der Waals surface area (Å²) in [7, 11) is 0. The summed E-state index contributed by atoms with van der Waals surface area (Å²) in [6.45, 7) is 6.05. The Morgan fingerprint density at radius 3 is 2.75 bits per heavy atom. The number of aliphatic hydroxyl groups excluding tert-OH is 1. The Morgan fingerprint density at radius 1 is 1.42 bits per heavy atom. The van der Waals surface area contributed by atoms with E-state index in [0.29, 0.717) is 11.9 Å². The molecule has 0 spiro atoms. The number of hydrogen-bond acceptors (Lipinski definition) is 2. The molecule has 0 amide bonds. The number of rotatable bonds is 8. The normalized spacial score (nSPS) is 12.8. The van der Waals surface area contributed by atoms with Gasteiger partial charge in [0.1, 0.15) is 0 Å². The lowest BCUT2D eigenvalue weighted by Gasteiger charge is -2.06. The maximum Gasteiger partial charge on any atom is 0.0547 e. The fraction of sp³-hybridized carbons (Fsp3) is 0.800. The van der Waals surface area contributed by atoms with Crippen LogP contribution >= 0.6 is 11.8 Å². The SMILES string of the molecule is C=CCCCCCSC(C)CO. The lowest BCUT2D eigenvalue weighted by molar-refractivity contribution is 0.300. The van der Waals surface area contributed by atoms with Crippen molar-refractivity contribution in [2.24, 2.45) is 0 Å². The number of allylic oxidation sites excluding steroid dienone is 1. The summed E-state index contributed by atoms with van der Waals surface area (Å²) < 4.78 is 0. The molecule has 0 saturated heterocycles. The highest BCUT2D eigenvalue weighted by Gasteiger charge is 1.98. The average molecular weight is 188 g/mol. The second kappa shape index (κ2) is 9.14. The van der Waals surface area contributed by atoms with Gasteiger partial charge in [0.25, 0.3) is 0 Å². The van der Waals surface area contributed by atoms with Gasteiger partial charge in [-0.25, -0.2) is 0 Å². The van der Waals surface area contributed by atoms with Gasteiger partial charge in [0, 0.05) is 5.25 Å². The summed E-state index contributed by atoms with van der Waals surface area (Å²) in [6, 6.07) is 0. The third-order valence-electron chi connectivity index (χ3n) is 1.71. The minimum atomic E-state index is 0.303. The topological polar surface area (TPSA) is 20.2 Å². The Bertz CT molecular complexity index is 104. The first-order valence-corrected chi connectivity index (χ1v) is 5.69. The van der Waals surface area contributed by atoms with Gasteiger partial charge in [0.2, 0.25) is 0 Å². The molecule has 0 aliphatic carbocycles. The van der Waals surface area contributed by atoms with Crippen molar-refractivity contribution in [1.82, 2.24) is 0 Å². The quantitative estimate of drug-likeness (QED) is 0.467. The standard InChI is InChI=1S/C10H20OS/c1-3-4-5-6-7-8-12-10(2)9-11/h3,10-11H,1,4-9H2,2H3. The number of aliphatic hydroxyl groups is 1. The van der Waals surface area contributed by atoms with Gasteiger partial charge in [-0.05, 0) is 25.0 Å². The summed E-state index contributed by atoms with van der Waals surface area (Å²) in [5.74, 6) is 1.18. The third kappa shape index (κ3) is 8.15. The fourth-order valence-corrected chi connectivity index (χ4v) is 1.78. The predicted octanol–water partition coefficient (Wildman–Crippen LogP) is 2.85. The van der Waals surface area contributed by atoms with E-state index in [4.69, 9.17) is 5.11 Å². The van der Waals surface area contributed by atoms with E-state index < -0.39 is 0 Å². The monoisotopic (exact) mass is 188 g/mol. The minimum absolute atomic E-state index is 0.303. The maximum absolute atomic E-state index is 8.74. The Hall–Kier alpha value is 0.0500. The molecule has 12 heavy (non-hydrogen) atoms. The van der Waals surface area contributed by atoms with Crippen molar-refractivity contribution in [1.29, 1.82) is 0 Å². The summed E-state index contributed by atoms with van der Waals surface area (Å²) in [5, 5.41) is 9.15. The van der Waals surface area contributed by atoms with E-state index in [1.165, 1.54) is 25.0 Å². The van der Waals surface area contributed by atoms with Crippen LogP contribution in [0.1, 0.15) is 32.6 Å². The van der Waals surface area contributed by atoms with Crippen molar-refractivity contribution in [3.8, 4) is 0 Å². The molecule has 0 aromatic carbocycles. The zero-order valence-corrected chi connectivity index (χ0v) is 8.78. The number of thioether (sulfide) groups is 1. The van der Waals surface area contributed by atoms with Crippen LogP contribution in [0.3, 0.4) is 0 Å². The lowest BCUT2D eigenvalue weighted by atomic mass is 10.2. The highest BCUT2D eigenvalue weighted by molar-refractivity contribution is 7.99. The van der Waals surface area contributed by atoms with Crippen molar-refractivity contribution in [2.45, 2.75) is 37.9 Å². The molecule has 72 valence electrons. The summed E-state index contributed by atoms with van der Waals surface area (Å²) in [4.78, 5) is 0. The molecule has 0 rings (SSSR count). The average Bonchev–Trinajstić information content (AvgIpc) is 2.10. The van der Waals surface area contributed by atoms with E-state index >= 15 is 0 Å². The van der Waals surface area contributed by atoms with Crippen molar-refractivity contribution in [2.75, 3.05) is 12.4 Å². The van der Waals surface area contributed by atoms with Crippen LogP contribution in [0.4, 0.5) is 0 Å². The molecule has 2 heteroatoms. The maximum atomic E-state index is 8.74. The lowest BCUT2D eigenvalue weighted by Crippen LogP contribution is -2.02. The zero-order valence-electron chi connectivity index (χ0n) is 7.96. The summed E-state index contributed by atoms with van der Waals surface area (Å²) in [5.41, 5.74) is 0. The van der Waals surface area contributed by atoms with Gasteiger partial charge in [0.15, 0.2) is 0 Å². The second-order valence-electron chi connectivity index (χ2n) is 3.00. The molecule has 0 aliphatic heterocycles. The van der Waals surface area contributed by atoms with Crippen LogP contribution in [0.25, 0.3) is 0 Å². The molecular weight excluding hydrogens is 168 g/mol. The van der Waals surface area contributed by atoms with Crippen LogP contribution < -0.4 is 0 Å². The molecule has 0 aromatic rings. The van der Waals surface area contributed by atoms with E-state index in [2.05, 4.69) is 13.5 Å². The first-order chi connectivity index (χ1) is 5.81. The Kier molecular flexibility index (Phi) is 9.18. The summed E-state index contributed by atoms with van der Waals surface area (Å²) in [6.07, 6.45) is 6.93. The zero-order chi connectivity index (χ0) is 9.23. The molecule has 1 unspecified atom stereocenters. The molecule has 0 aliphatic rings. The van der Waals surface area contributed by atoms with Gasteiger partial charge in [-0.2, -0.15) is 11.8 Å². The van der Waals surface area contributed by atoms with E-state index in [0.717, 1.165) is 6.42 Å². The molecule has 1 N–H and O–H groups in total. The second-order valence-corrected chi connectivity index (χ2v) is 4.55. The van der Waals surface area contributed by atoms with Crippen molar-refractivity contribution >= 4 is 11.8 Å². The van der Waals surface area contributed by atoms with Gasteiger partial charge in [-0.1, -0.05) is 19.4 Å². The Balaban J connectivity index is 2.95. The molecule has 1 atom stereocenters. The van der Waals surface area contributed by atoms with Gasteiger partial charge < -0.3 is 5.11 Å². The first kappa shape index (κ1) is 12.0. The van der Waals surface area contributed by atoms with Crippen LogP contribution in [0.5, 0.6) is 0 Å². The predicted molar refractivity (Wildman–Crippen MR) is 57.7 cm³/mol. The Morgan fingerprint density at radius 2 is 2.17 bits per heavy atom. The highest BCUT2D eigenvalue weighted by atomic mass is 32.2. The molecule has 0 fully saturated rings. The smallest absolute Gasteiger partial charge is 0.0547 e. The first-order valence-electron chi connectivity index (χ1n) is 4.64. The van der Waals surface area contributed by atoms with Crippen molar-refractivity contribution < 1.29 is 5.11 Å².